The van der Waals surface area contributed by atoms with Crippen LogP contribution in [0.5, 0.6) is 5.75 Å². The van der Waals surface area contributed by atoms with E-state index < -0.39 is 0 Å². The molecule has 160 valence electrons. The van der Waals surface area contributed by atoms with Crippen molar-refractivity contribution < 1.29 is 9.53 Å². The fraction of sp³-hybridized carbons (Fsp3) is 0.375. The number of carbonyl (C=O) groups is 1. The van der Waals surface area contributed by atoms with E-state index in [1.807, 2.05) is 53.4 Å². The van der Waals surface area contributed by atoms with E-state index in [2.05, 4.69) is 10.2 Å². The number of aromatic nitrogens is 3. The summed E-state index contributed by atoms with van der Waals surface area (Å²) >= 11 is 0. The Balaban J connectivity index is 1.32. The second-order valence-electron chi connectivity index (χ2n) is 8.47. The van der Waals surface area contributed by atoms with Gasteiger partial charge in [0.1, 0.15) is 11.6 Å². The van der Waals surface area contributed by atoms with E-state index in [0.717, 1.165) is 54.9 Å². The van der Waals surface area contributed by atoms with Crippen LogP contribution in [-0.4, -0.2) is 45.8 Å². The summed E-state index contributed by atoms with van der Waals surface area (Å²) in [5, 5.41) is 6.87. The Morgan fingerprint density at radius 2 is 1.74 bits per heavy atom. The van der Waals surface area contributed by atoms with Gasteiger partial charge >= 0.3 is 5.69 Å². The SMILES string of the molecule is COc1ccc(-c2ccc(-n3c(C[C@@H]4CCN(C(=O)C5CC5)C4)n[nH]c3=O)cc2)cc1. The molecular weight excluding hydrogens is 392 g/mol. The molecule has 7 heteroatoms. The van der Waals surface area contributed by atoms with Crippen molar-refractivity contribution in [2.24, 2.45) is 11.8 Å². The molecule has 0 unspecified atom stereocenters. The predicted molar refractivity (Wildman–Crippen MR) is 117 cm³/mol. The molecule has 1 atom stereocenters. The highest BCUT2D eigenvalue weighted by molar-refractivity contribution is 5.81. The first kappa shape index (κ1) is 19.6. The van der Waals surface area contributed by atoms with Crippen molar-refractivity contribution in [2.75, 3.05) is 20.2 Å². The van der Waals surface area contributed by atoms with Crippen molar-refractivity contribution in [2.45, 2.75) is 25.7 Å². The zero-order valence-electron chi connectivity index (χ0n) is 17.6. The number of hydrogen-bond donors (Lipinski definition) is 1. The highest BCUT2D eigenvalue weighted by Gasteiger charge is 2.36. The van der Waals surface area contributed by atoms with Gasteiger partial charge in [0, 0.05) is 25.4 Å². The van der Waals surface area contributed by atoms with Gasteiger partial charge < -0.3 is 9.64 Å². The molecule has 0 bridgehead atoms. The van der Waals surface area contributed by atoms with Crippen LogP contribution in [0, 0.1) is 11.8 Å². The van der Waals surface area contributed by atoms with Crippen LogP contribution in [0.25, 0.3) is 16.8 Å². The van der Waals surface area contributed by atoms with Gasteiger partial charge in [0.25, 0.3) is 0 Å². The Morgan fingerprint density at radius 3 is 2.39 bits per heavy atom. The largest absolute Gasteiger partial charge is 0.497 e. The number of ether oxygens (including phenoxy) is 1. The van der Waals surface area contributed by atoms with Gasteiger partial charge in [-0.05, 0) is 60.6 Å². The Morgan fingerprint density at radius 1 is 1.06 bits per heavy atom. The number of nitrogens with zero attached hydrogens (tertiary/aromatic N) is 3. The number of benzene rings is 2. The quantitative estimate of drug-likeness (QED) is 0.667. The van der Waals surface area contributed by atoms with Gasteiger partial charge in [-0.2, -0.15) is 5.10 Å². The normalized spacial score (nSPS) is 18.4. The average Bonchev–Trinajstić information content (AvgIpc) is 3.45. The van der Waals surface area contributed by atoms with Crippen LogP contribution >= 0.6 is 0 Å². The fourth-order valence-corrected chi connectivity index (χ4v) is 4.37. The van der Waals surface area contributed by atoms with Crippen LogP contribution in [-0.2, 0) is 11.2 Å². The van der Waals surface area contributed by atoms with Gasteiger partial charge in [-0.15, -0.1) is 0 Å². The number of amides is 1. The van der Waals surface area contributed by atoms with Crippen LogP contribution in [0.15, 0.2) is 53.3 Å². The molecule has 1 saturated carbocycles. The Kier molecular flexibility index (Phi) is 5.10. The number of nitrogens with one attached hydrogen (secondary N) is 1. The smallest absolute Gasteiger partial charge is 0.347 e. The minimum absolute atomic E-state index is 0.240. The molecule has 31 heavy (non-hydrogen) atoms. The summed E-state index contributed by atoms with van der Waals surface area (Å²) in [5.74, 6) is 2.42. The minimum Gasteiger partial charge on any atom is -0.497 e. The van der Waals surface area contributed by atoms with Gasteiger partial charge in [0.2, 0.25) is 5.91 Å². The first-order valence-corrected chi connectivity index (χ1v) is 10.8. The lowest BCUT2D eigenvalue weighted by Crippen LogP contribution is -2.30. The molecule has 2 fully saturated rings. The number of aromatic amines is 1. The topological polar surface area (TPSA) is 80.2 Å². The third-order valence-electron chi connectivity index (χ3n) is 6.29. The molecule has 1 aliphatic heterocycles. The number of methoxy groups -OCH3 is 1. The molecule has 3 aromatic rings. The molecule has 1 saturated heterocycles. The van der Waals surface area contributed by atoms with E-state index in [9.17, 15) is 9.59 Å². The number of likely N-dealkylation sites (tertiary alicyclic amines) is 1. The number of rotatable bonds is 6. The summed E-state index contributed by atoms with van der Waals surface area (Å²) in [7, 11) is 1.65. The van der Waals surface area contributed by atoms with Crippen LogP contribution in [0.1, 0.15) is 25.1 Å². The van der Waals surface area contributed by atoms with Gasteiger partial charge in [-0.25, -0.2) is 14.5 Å². The first-order valence-electron chi connectivity index (χ1n) is 10.8. The maximum atomic E-state index is 12.5. The van der Waals surface area contributed by atoms with Crippen molar-refractivity contribution in [3.63, 3.8) is 0 Å². The van der Waals surface area contributed by atoms with E-state index in [1.165, 1.54) is 0 Å². The molecule has 5 rings (SSSR count). The lowest BCUT2D eigenvalue weighted by atomic mass is 10.0. The Hall–Kier alpha value is -3.35. The molecule has 0 spiro atoms. The maximum absolute atomic E-state index is 12.5. The van der Waals surface area contributed by atoms with Crippen molar-refractivity contribution in [1.29, 1.82) is 0 Å². The number of hydrogen-bond acceptors (Lipinski definition) is 4. The summed E-state index contributed by atoms with van der Waals surface area (Å²) < 4.78 is 6.86. The van der Waals surface area contributed by atoms with E-state index in [0.29, 0.717) is 24.1 Å². The van der Waals surface area contributed by atoms with E-state index >= 15 is 0 Å². The third kappa shape index (κ3) is 4.00. The highest BCUT2D eigenvalue weighted by Crippen LogP contribution is 2.33. The number of H-pyrrole nitrogens is 1. The van der Waals surface area contributed by atoms with Gasteiger partial charge in [0.05, 0.1) is 12.8 Å². The standard InChI is InChI=1S/C24H26N4O3/c1-31-21-10-6-18(7-11-21)17-4-8-20(9-5-17)28-22(25-26-24(28)30)14-16-12-13-27(15-16)23(29)19-2-3-19/h4-11,16,19H,2-3,12-15H2,1H3,(H,26,30)/t16-/m0/s1. The van der Waals surface area contributed by atoms with E-state index in [4.69, 9.17) is 4.74 Å². The molecular formula is C24H26N4O3. The highest BCUT2D eigenvalue weighted by atomic mass is 16.5. The van der Waals surface area contributed by atoms with Crippen LogP contribution in [0.2, 0.25) is 0 Å². The lowest BCUT2D eigenvalue weighted by Gasteiger charge is -2.16. The molecule has 1 N–H and O–H groups in total. The molecule has 2 aromatic carbocycles. The molecule has 0 radical (unpaired) electrons. The minimum atomic E-state index is -0.240. The summed E-state index contributed by atoms with van der Waals surface area (Å²) in [6, 6.07) is 15.8. The van der Waals surface area contributed by atoms with E-state index in [1.54, 1.807) is 11.7 Å². The maximum Gasteiger partial charge on any atom is 0.347 e. The summed E-state index contributed by atoms with van der Waals surface area (Å²) in [4.78, 5) is 26.8. The monoisotopic (exact) mass is 418 g/mol. The average molecular weight is 418 g/mol. The third-order valence-corrected chi connectivity index (χ3v) is 6.29. The molecule has 7 nitrogen and oxygen atoms in total. The molecule has 1 aromatic heterocycles. The number of carbonyl (C=O) groups excluding carboxylic acids is 1. The van der Waals surface area contributed by atoms with Gasteiger partial charge in [0.15, 0.2) is 0 Å². The predicted octanol–water partition coefficient (Wildman–Crippen LogP) is 3.04. The van der Waals surface area contributed by atoms with Crippen LogP contribution < -0.4 is 10.4 Å². The molecule has 2 heterocycles. The lowest BCUT2D eigenvalue weighted by molar-refractivity contribution is -0.131. The van der Waals surface area contributed by atoms with Crippen LogP contribution in [0.4, 0.5) is 0 Å². The zero-order chi connectivity index (χ0) is 21.4. The van der Waals surface area contributed by atoms with Crippen molar-refractivity contribution in [1.82, 2.24) is 19.7 Å². The Bertz CT molecular complexity index is 1130. The first-order chi connectivity index (χ1) is 15.1. The second kappa shape index (κ2) is 8.06. The second-order valence-corrected chi connectivity index (χ2v) is 8.47. The van der Waals surface area contributed by atoms with Gasteiger partial charge in [-0.3, -0.25) is 4.79 Å². The van der Waals surface area contributed by atoms with Gasteiger partial charge in [-0.1, -0.05) is 24.3 Å². The fourth-order valence-electron chi connectivity index (χ4n) is 4.37. The van der Waals surface area contributed by atoms with Crippen LogP contribution in [0.3, 0.4) is 0 Å². The van der Waals surface area contributed by atoms with Crippen molar-refractivity contribution in [3.8, 4) is 22.6 Å². The summed E-state index contributed by atoms with van der Waals surface area (Å²) in [6.45, 7) is 1.57. The zero-order valence-corrected chi connectivity index (χ0v) is 17.6. The van der Waals surface area contributed by atoms with E-state index in [-0.39, 0.29) is 11.6 Å². The summed E-state index contributed by atoms with van der Waals surface area (Å²) in [5.41, 5.74) is 2.69. The summed E-state index contributed by atoms with van der Waals surface area (Å²) in [6.07, 6.45) is 3.69. The van der Waals surface area contributed by atoms with Crippen molar-refractivity contribution >= 4 is 5.91 Å². The molecule has 2 aliphatic rings. The van der Waals surface area contributed by atoms with Crippen molar-refractivity contribution in [3.05, 3.63) is 64.8 Å². The molecule has 1 amide bonds. The Labute approximate surface area is 180 Å². The molecule has 1 aliphatic carbocycles.